The van der Waals surface area contributed by atoms with Crippen LogP contribution in [0.1, 0.15) is 27.5 Å². The highest BCUT2D eigenvalue weighted by Crippen LogP contribution is 2.38. The highest BCUT2D eigenvalue weighted by Gasteiger charge is 2.31. The minimum atomic E-state index is -1.16. The Balaban J connectivity index is 1.77. The van der Waals surface area contributed by atoms with E-state index in [9.17, 15) is 14.7 Å². The number of aromatic nitrogens is 2. The highest BCUT2D eigenvalue weighted by atomic mass is 16.5. The lowest BCUT2D eigenvalue weighted by Gasteiger charge is -2.26. The second-order valence-electron chi connectivity index (χ2n) is 7.23. The largest absolute Gasteiger partial charge is 0.497 e. The van der Waals surface area contributed by atoms with Crippen molar-refractivity contribution in [2.45, 2.75) is 13.0 Å². The van der Waals surface area contributed by atoms with Crippen LogP contribution in [0.5, 0.6) is 11.5 Å². The molecule has 1 atom stereocenters. The number of aryl methyl sites for hydroxylation is 1. The number of anilines is 2. The van der Waals surface area contributed by atoms with E-state index >= 15 is 0 Å². The van der Waals surface area contributed by atoms with Crippen LogP contribution in [0.3, 0.4) is 0 Å². The lowest BCUT2D eigenvalue weighted by atomic mass is 10.0. The molecule has 1 unspecified atom stereocenters. The number of hydrogen-bond donors (Lipinski definition) is 3. The Hall–Kier alpha value is -4.27. The van der Waals surface area contributed by atoms with E-state index in [-0.39, 0.29) is 17.1 Å². The molecule has 9 nitrogen and oxygen atoms in total. The zero-order valence-electron chi connectivity index (χ0n) is 17.7. The van der Waals surface area contributed by atoms with Crippen molar-refractivity contribution in [2.24, 2.45) is 0 Å². The zero-order chi connectivity index (χ0) is 22.8. The fourth-order valence-electron chi connectivity index (χ4n) is 3.51. The van der Waals surface area contributed by atoms with Gasteiger partial charge in [0.15, 0.2) is 0 Å². The Kier molecular flexibility index (Phi) is 5.55. The van der Waals surface area contributed by atoms with Crippen molar-refractivity contribution in [1.82, 2.24) is 9.78 Å². The number of carbonyl (C=O) groups is 2. The predicted octanol–water partition coefficient (Wildman–Crippen LogP) is 3.44. The van der Waals surface area contributed by atoms with Crippen molar-refractivity contribution in [3.63, 3.8) is 0 Å². The van der Waals surface area contributed by atoms with Crippen molar-refractivity contribution in [2.75, 3.05) is 24.9 Å². The van der Waals surface area contributed by atoms with Gasteiger partial charge in [-0.05, 0) is 43.3 Å². The number of benzene rings is 2. The van der Waals surface area contributed by atoms with E-state index in [4.69, 9.17) is 9.47 Å². The number of carboxylic acids is 1. The number of allylic oxidation sites excluding steroid dienone is 1. The molecule has 1 amide bonds. The van der Waals surface area contributed by atoms with Gasteiger partial charge >= 0.3 is 5.97 Å². The summed E-state index contributed by atoms with van der Waals surface area (Å²) in [5, 5.41) is 19.7. The summed E-state index contributed by atoms with van der Waals surface area (Å²) in [6, 6.07) is 12.0. The summed E-state index contributed by atoms with van der Waals surface area (Å²) in [6.45, 7) is 1.95. The second kappa shape index (κ2) is 8.46. The average Bonchev–Trinajstić information content (AvgIpc) is 3.23. The van der Waals surface area contributed by atoms with Gasteiger partial charge in [-0.3, -0.25) is 4.79 Å². The second-order valence-corrected chi connectivity index (χ2v) is 7.23. The smallest absolute Gasteiger partial charge is 0.352 e. The number of amides is 1. The van der Waals surface area contributed by atoms with Gasteiger partial charge in [-0.25, -0.2) is 9.48 Å². The first-order chi connectivity index (χ1) is 15.4. The van der Waals surface area contributed by atoms with Crippen molar-refractivity contribution in [1.29, 1.82) is 0 Å². The maximum absolute atomic E-state index is 13.0. The number of carbonyl (C=O) groups excluding carboxylic acids is 1. The molecule has 32 heavy (non-hydrogen) atoms. The summed E-state index contributed by atoms with van der Waals surface area (Å²) in [5.41, 5.74) is 2.47. The summed E-state index contributed by atoms with van der Waals surface area (Å²) < 4.78 is 12.4. The predicted molar refractivity (Wildman–Crippen MR) is 118 cm³/mol. The average molecular weight is 434 g/mol. The Bertz CT molecular complexity index is 1210. The Labute approximate surface area is 184 Å². The van der Waals surface area contributed by atoms with Crippen LogP contribution in [0.2, 0.25) is 0 Å². The summed E-state index contributed by atoms with van der Waals surface area (Å²) in [7, 11) is 3.07. The third-order valence-electron chi connectivity index (χ3n) is 5.18. The summed E-state index contributed by atoms with van der Waals surface area (Å²) in [6.07, 6.45) is 2.92. The first-order valence-corrected chi connectivity index (χ1v) is 9.81. The van der Waals surface area contributed by atoms with Crippen LogP contribution in [0, 0.1) is 6.92 Å². The molecular formula is C23H22N4O5. The van der Waals surface area contributed by atoms with Crippen molar-refractivity contribution < 1.29 is 24.2 Å². The number of ether oxygens (including phenoxy) is 2. The first-order valence-electron chi connectivity index (χ1n) is 9.81. The van der Waals surface area contributed by atoms with Gasteiger partial charge in [0.1, 0.15) is 34.6 Å². The van der Waals surface area contributed by atoms with Gasteiger partial charge in [0, 0.05) is 11.3 Å². The summed E-state index contributed by atoms with van der Waals surface area (Å²) in [5.74, 6) is -0.189. The molecule has 164 valence electrons. The molecule has 3 N–H and O–H groups in total. The number of aliphatic carboxylic acids is 1. The van der Waals surface area contributed by atoms with E-state index in [1.807, 2.05) is 19.1 Å². The van der Waals surface area contributed by atoms with Gasteiger partial charge < -0.3 is 25.2 Å². The van der Waals surface area contributed by atoms with E-state index in [0.29, 0.717) is 22.7 Å². The highest BCUT2D eigenvalue weighted by molar-refractivity contribution is 6.08. The summed E-state index contributed by atoms with van der Waals surface area (Å²) in [4.78, 5) is 24.8. The van der Waals surface area contributed by atoms with Crippen molar-refractivity contribution in [3.8, 4) is 11.5 Å². The molecule has 2 aromatic carbocycles. The number of nitrogens with zero attached hydrogens (tertiary/aromatic N) is 2. The van der Waals surface area contributed by atoms with Gasteiger partial charge in [-0.1, -0.05) is 17.7 Å². The summed E-state index contributed by atoms with van der Waals surface area (Å²) >= 11 is 0. The number of methoxy groups -OCH3 is 2. The van der Waals surface area contributed by atoms with Gasteiger partial charge in [0.2, 0.25) is 0 Å². The molecule has 3 aromatic rings. The topological polar surface area (TPSA) is 115 Å². The normalized spacial score (nSPS) is 14.6. The van der Waals surface area contributed by atoms with Crippen LogP contribution < -0.4 is 20.1 Å². The van der Waals surface area contributed by atoms with Gasteiger partial charge in [0.05, 0.1) is 20.4 Å². The first kappa shape index (κ1) is 21.0. The van der Waals surface area contributed by atoms with Crippen molar-refractivity contribution in [3.05, 3.63) is 77.1 Å². The van der Waals surface area contributed by atoms with E-state index in [2.05, 4.69) is 15.7 Å². The fraction of sp³-hybridized carbons (Fsp3) is 0.174. The molecule has 1 aliphatic heterocycles. The maximum Gasteiger partial charge on any atom is 0.352 e. The molecule has 0 aliphatic carbocycles. The molecule has 0 saturated heterocycles. The fourth-order valence-corrected chi connectivity index (χ4v) is 3.51. The number of rotatable bonds is 6. The molecule has 9 heteroatoms. The van der Waals surface area contributed by atoms with Crippen LogP contribution in [0.4, 0.5) is 11.5 Å². The minimum absolute atomic E-state index is 0.0720. The van der Waals surface area contributed by atoms with E-state index in [1.54, 1.807) is 42.1 Å². The standard InChI is InChI=1S/C23H22N4O5/c1-13-4-6-14(7-5-13)25-22(28)17-12-24-27-19(11-18(23(29)30)26-21(17)27)16-10-15(31-2)8-9-20(16)32-3/h4-12,19,26H,1-3H3,(H,25,28)(H,29,30). The molecular weight excluding hydrogens is 412 g/mol. The molecule has 1 aromatic heterocycles. The van der Waals surface area contributed by atoms with Crippen LogP contribution in [-0.2, 0) is 4.79 Å². The molecule has 0 spiro atoms. The van der Waals surface area contributed by atoms with E-state index < -0.39 is 17.9 Å². The lowest BCUT2D eigenvalue weighted by Crippen LogP contribution is -2.26. The number of carboxylic acid groups (broad SMARTS) is 1. The van der Waals surface area contributed by atoms with Crippen molar-refractivity contribution >= 4 is 23.4 Å². The maximum atomic E-state index is 13.0. The lowest BCUT2D eigenvalue weighted by molar-refractivity contribution is -0.132. The molecule has 0 saturated carbocycles. The van der Waals surface area contributed by atoms with Gasteiger partial charge in [0.25, 0.3) is 5.91 Å². The molecule has 0 bridgehead atoms. The minimum Gasteiger partial charge on any atom is -0.497 e. The SMILES string of the molecule is COc1ccc(OC)c(C2C=C(C(=O)O)Nc3c(C(=O)Nc4ccc(C)cc4)cnn32)c1. The third kappa shape index (κ3) is 3.87. The molecule has 0 fully saturated rings. The molecule has 4 rings (SSSR count). The quantitative estimate of drug-likeness (QED) is 0.544. The van der Waals surface area contributed by atoms with E-state index in [1.165, 1.54) is 19.4 Å². The van der Waals surface area contributed by atoms with Crippen LogP contribution >= 0.6 is 0 Å². The number of fused-ring (bicyclic) bond motifs is 1. The number of hydrogen-bond acceptors (Lipinski definition) is 6. The molecule has 1 aliphatic rings. The van der Waals surface area contributed by atoms with Gasteiger partial charge in [-0.2, -0.15) is 5.10 Å². The number of nitrogens with one attached hydrogen (secondary N) is 2. The van der Waals surface area contributed by atoms with E-state index in [0.717, 1.165) is 5.56 Å². The zero-order valence-corrected chi connectivity index (χ0v) is 17.7. The monoisotopic (exact) mass is 434 g/mol. The van der Waals surface area contributed by atoms with Gasteiger partial charge in [-0.15, -0.1) is 0 Å². The van der Waals surface area contributed by atoms with Crippen LogP contribution in [0.25, 0.3) is 0 Å². The van der Waals surface area contributed by atoms with Crippen LogP contribution in [0.15, 0.2) is 60.4 Å². The van der Waals surface area contributed by atoms with Crippen LogP contribution in [-0.4, -0.2) is 41.0 Å². The Morgan fingerprint density at radius 2 is 1.88 bits per heavy atom. The molecule has 0 radical (unpaired) electrons. The third-order valence-corrected chi connectivity index (χ3v) is 5.18. The Morgan fingerprint density at radius 1 is 1.12 bits per heavy atom. The Morgan fingerprint density at radius 3 is 2.53 bits per heavy atom. The molecule has 2 heterocycles.